The van der Waals surface area contributed by atoms with E-state index in [0.717, 1.165) is 18.4 Å². The lowest BCUT2D eigenvalue weighted by molar-refractivity contribution is -0.137. The Morgan fingerprint density at radius 2 is 1.85 bits per heavy atom. The molecule has 0 spiro atoms. The molecule has 0 fully saturated rings. The molecule has 0 aliphatic carbocycles. The smallest absolute Gasteiger partial charge is 0.304 e. The number of hydrogen-bond donors (Lipinski definition) is 2. The Kier molecular flexibility index (Phi) is 6.68. The molecule has 20 heavy (non-hydrogen) atoms. The van der Waals surface area contributed by atoms with E-state index in [9.17, 15) is 9.90 Å². The Balaban J connectivity index is 2.73. The molecule has 0 bridgehead atoms. The molecule has 4 nitrogen and oxygen atoms in total. The van der Waals surface area contributed by atoms with Gasteiger partial charge in [-0.15, -0.1) is 0 Å². The van der Waals surface area contributed by atoms with Crippen LogP contribution in [0.2, 0.25) is 0 Å². The van der Waals surface area contributed by atoms with E-state index in [0.29, 0.717) is 6.54 Å². The normalized spacial score (nSPS) is 14.2. The summed E-state index contributed by atoms with van der Waals surface area (Å²) in [7, 11) is 1.86. The van der Waals surface area contributed by atoms with Gasteiger partial charge in [-0.3, -0.25) is 9.69 Å². The summed E-state index contributed by atoms with van der Waals surface area (Å²) < 4.78 is 0. The summed E-state index contributed by atoms with van der Waals surface area (Å²) in [5.41, 5.74) is 2.13. The number of aliphatic hydroxyl groups excluding tert-OH is 1. The van der Waals surface area contributed by atoms with E-state index in [1.165, 1.54) is 5.56 Å². The van der Waals surface area contributed by atoms with Gasteiger partial charge in [0.1, 0.15) is 0 Å². The van der Waals surface area contributed by atoms with E-state index in [4.69, 9.17) is 5.11 Å². The Morgan fingerprint density at radius 1 is 1.25 bits per heavy atom. The minimum absolute atomic E-state index is 0.0678. The van der Waals surface area contributed by atoms with Gasteiger partial charge in [0.15, 0.2) is 0 Å². The average Bonchev–Trinajstić information content (AvgIpc) is 2.45. The zero-order valence-electron chi connectivity index (χ0n) is 12.5. The van der Waals surface area contributed by atoms with Gasteiger partial charge in [0.2, 0.25) is 0 Å². The first-order chi connectivity index (χ1) is 9.49. The first-order valence-electron chi connectivity index (χ1n) is 7.18. The average molecular weight is 279 g/mol. The zero-order chi connectivity index (χ0) is 15.1. The third-order valence-electron chi connectivity index (χ3n) is 3.76. The minimum atomic E-state index is -0.812. The molecule has 2 unspecified atom stereocenters. The van der Waals surface area contributed by atoms with E-state index in [2.05, 4.69) is 6.92 Å². The Morgan fingerprint density at radius 3 is 2.30 bits per heavy atom. The minimum Gasteiger partial charge on any atom is -0.481 e. The summed E-state index contributed by atoms with van der Waals surface area (Å²) >= 11 is 0. The monoisotopic (exact) mass is 279 g/mol. The van der Waals surface area contributed by atoms with Crippen LogP contribution in [0.1, 0.15) is 43.9 Å². The van der Waals surface area contributed by atoms with Gasteiger partial charge < -0.3 is 10.2 Å². The Labute approximate surface area is 121 Å². The highest BCUT2D eigenvalue weighted by Crippen LogP contribution is 2.23. The quantitative estimate of drug-likeness (QED) is 0.767. The first kappa shape index (κ1) is 16.7. The fraction of sp³-hybridized carbons (Fsp3) is 0.562. The molecule has 0 radical (unpaired) electrons. The standard InChI is InChI=1S/C16H25NO3/c1-4-12-6-8-13(9-7-12)16(20)14(5-2)17(3)11-10-15(18)19/h6-9,14,16,20H,4-5,10-11H2,1-3H3,(H,18,19). The maximum Gasteiger partial charge on any atom is 0.304 e. The van der Waals surface area contributed by atoms with Crippen LogP contribution in [0.3, 0.4) is 0 Å². The van der Waals surface area contributed by atoms with Crippen molar-refractivity contribution in [1.82, 2.24) is 4.90 Å². The van der Waals surface area contributed by atoms with Crippen molar-refractivity contribution in [2.45, 2.75) is 45.3 Å². The summed E-state index contributed by atoms with van der Waals surface area (Å²) in [6.07, 6.45) is 1.25. The van der Waals surface area contributed by atoms with Gasteiger partial charge in [0.05, 0.1) is 12.5 Å². The molecule has 0 saturated heterocycles. The van der Waals surface area contributed by atoms with Crippen LogP contribution in [-0.2, 0) is 11.2 Å². The zero-order valence-corrected chi connectivity index (χ0v) is 12.5. The molecule has 4 heteroatoms. The van der Waals surface area contributed by atoms with E-state index in [-0.39, 0.29) is 12.5 Å². The van der Waals surface area contributed by atoms with Crippen molar-refractivity contribution in [3.63, 3.8) is 0 Å². The van der Waals surface area contributed by atoms with Crippen LogP contribution >= 0.6 is 0 Å². The summed E-state index contributed by atoms with van der Waals surface area (Å²) in [5, 5.41) is 19.2. The highest BCUT2D eigenvalue weighted by Gasteiger charge is 2.23. The third kappa shape index (κ3) is 4.62. The highest BCUT2D eigenvalue weighted by atomic mass is 16.4. The lowest BCUT2D eigenvalue weighted by atomic mass is 9.97. The molecule has 0 heterocycles. The van der Waals surface area contributed by atoms with Gasteiger partial charge in [-0.1, -0.05) is 38.1 Å². The lowest BCUT2D eigenvalue weighted by Gasteiger charge is -2.31. The maximum atomic E-state index is 10.6. The van der Waals surface area contributed by atoms with Crippen molar-refractivity contribution in [2.75, 3.05) is 13.6 Å². The van der Waals surface area contributed by atoms with Crippen LogP contribution in [0, 0.1) is 0 Å². The number of carbonyl (C=O) groups is 1. The van der Waals surface area contributed by atoms with Crippen molar-refractivity contribution >= 4 is 5.97 Å². The predicted octanol–water partition coefficient (Wildman–Crippen LogP) is 2.47. The number of nitrogens with zero attached hydrogens (tertiary/aromatic N) is 1. The number of benzene rings is 1. The number of rotatable bonds is 8. The molecular formula is C16H25NO3. The summed E-state index contributed by atoms with van der Waals surface area (Å²) in [6.45, 7) is 4.55. The van der Waals surface area contributed by atoms with Crippen molar-refractivity contribution in [2.24, 2.45) is 0 Å². The van der Waals surface area contributed by atoms with Crippen molar-refractivity contribution < 1.29 is 15.0 Å². The number of carboxylic acids is 1. The molecule has 0 aliphatic heterocycles. The maximum absolute atomic E-state index is 10.6. The van der Waals surface area contributed by atoms with Crippen LogP contribution < -0.4 is 0 Å². The fourth-order valence-corrected chi connectivity index (χ4v) is 2.39. The van der Waals surface area contributed by atoms with E-state index in [1.54, 1.807) is 0 Å². The van der Waals surface area contributed by atoms with E-state index in [1.807, 2.05) is 43.1 Å². The topological polar surface area (TPSA) is 60.8 Å². The van der Waals surface area contributed by atoms with Crippen LogP contribution in [0.25, 0.3) is 0 Å². The van der Waals surface area contributed by atoms with Crippen molar-refractivity contribution in [3.8, 4) is 0 Å². The molecule has 2 N–H and O–H groups in total. The molecule has 0 amide bonds. The summed E-state index contributed by atoms with van der Waals surface area (Å²) in [4.78, 5) is 12.6. The number of hydrogen-bond acceptors (Lipinski definition) is 3. The second-order valence-corrected chi connectivity index (χ2v) is 5.14. The predicted molar refractivity (Wildman–Crippen MR) is 79.7 cm³/mol. The number of likely N-dealkylation sites (N-methyl/N-ethyl adjacent to an activating group) is 1. The summed E-state index contributed by atoms with van der Waals surface area (Å²) in [5.74, 6) is -0.812. The van der Waals surface area contributed by atoms with Crippen LogP contribution in [0.15, 0.2) is 24.3 Å². The summed E-state index contributed by atoms with van der Waals surface area (Å²) in [6, 6.07) is 7.90. The molecule has 0 saturated carbocycles. The van der Waals surface area contributed by atoms with Crippen LogP contribution in [0.5, 0.6) is 0 Å². The molecule has 0 aliphatic rings. The molecule has 2 atom stereocenters. The molecule has 112 valence electrons. The van der Waals surface area contributed by atoms with Gasteiger partial charge in [-0.25, -0.2) is 0 Å². The Bertz CT molecular complexity index is 416. The van der Waals surface area contributed by atoms with Gasteiger partial charge in [0.25, 0.3) is 0 Å². The molecule has 1 rings (SSSR count). The highest BCUT2D eigenvalue weighted by molar-refractivity contribution is 5.66. The number of carboxylic acid groups (broad SMARTS) is 1. The largest absolute Gasteiger partial charge is 0.481 e. The molecule has 1 aromatic rings. The second-order valence-electron chi connectivity index (χ2n) is 5.14. The first-order valence-corrected chi connectivity index (χ1v) is 7.18. The lowest BCUT2D eigenvalue weighted by Crippen LogP contribution is -2.37. The van der Waals surface area contributed by atoms with Gasteiger partial charge in [0, 0.05) is 12.6 Å². The third-order valence-corrected chi connectivity index (χ3v) is 3.76. The van der Waals surface area contributed by atoms with Crippen molar-refractivity contribution in [3.05, 3.63) is 35.4 Å². The SMILES string of the molecule is CCc1ccc(C(O)C(CC)N(C)CCC(=O)O)cc1. The Hall–Kier alpha value is -1.39. The number of aryl methyl sites for hydroxylation is 1. The van der Waals surface area contributed by atoms with E-state index < -0.39 is 12.1 Å². The van der Waals surface area contributed by atoms with Crippen molar-refractivity contribution in [1.29, 1.82) is 0 Å². The van der Waals surface area contributed by atoms with Crippen LogP contribution in [-0.4, -0.2) is 40.7 Å². The molecule has 0 aromatic heterocycles. The molecular weight excluding hydrogens is 254 g/mol. The number of aliphatic carboxylic acids is 1. The number of aliphatic hydroxyl groups is 1. The second kappa shape index (κ2) is 8.02. The van der Waals surface area contributed by atoms with Crippen LogP contribution in [0.4, 0.5) is 0 Å². The van der Waals surface area contributed by atoms with E-state index >= 15 is 0 Å². The molecule has 1 aromatic carbocycles. The van der Waals surface area contributed by atoms with Gasteiger partial charge in [-0.2, -0.15) is 0 Å². The van der Waals surface area contributed by atoms with Gasteiger partial charge in [-0.05, 0) is 31.0 Å². The van der Waals surface area contributed by atoms with Gasteiger partial charge >= 0.3 is 5.97 Å². The fourth-order valence-electron chi connectivity index (χ4n) is 2.39.